The first-order chi connectivity index (χ1) is 9.41. The lowest BCUT2D eigenvalue weighted by atomic mass is 10.1. The van der Waals surface area contributed by atoms with Crippen LogP contribution < -0.4 is 4.57 Å². The molecular weight excluding hydrogens is 338 g/mol. The van der Waals surface area contributed by atoms with Crippen molar-refractivity contribution >= 4 is 33.0 Å². The second-order valence-corrected chi connectivity index (χ2v) is 5.06. The van der Waals surface area contributed by atoms with Gasteiger partial charge in [-0.05, 0) is 12.1 Å². The van der Waals surface area contributed by atoms with E-state index < -0.39 is 22.2 Å². The lowest BCUT2D eigenvalue weighted by Gasteiger charge is -2.10. The first-order valence-electron chi connectivity index (χ1n) is 5.21. The lowest BCUT2D eigenvalue weighted by molar-refractivity contribution is -0.644. The van der Waals surface area contributed by atoms with Gasteiger partial charge in [-0.3, -0.25) is 0 Å². The number of halogens is 5. The average molecular weight is 346 g/mol. The summed E-state index contributed by atoms with van der Waals surface area (Å²) in [6.07, 6.45) is -2.75. The van der Waals surface area contributed by atoms with Crippen molar-refractivity contribution in [3.05, 3.63) is 41.0 Å². The monoisotopic (exact) mass is 345 g/mol. The zero-order chi connectivity index (χ0) is 16.4. The number of aromatic nitrogens is 1. The molecule has 0 radical (unpaired) electrons. The van der Waals surface area contributed by atoms with E-state index in [0.717, 1.165) is 0 Å². The Labute approximate surface area is 122 Å². The Morgan fingerprint density at radius 3 is 2.24 bits per heavy atom. The predicted molar refractivity (Wildman–Crippen MR) is 65.9 cm³/mol. The van der Waals surface area contributed by atoms with Crippen LogP contribution in [0.2, 0.25) is 5.02 Å². The van der Waals surface area contributed by atoms with Crippen LogP contribution in [0.25, 0.3) is 10.9 Å². The Kier molecular flexibility index (Phi) is 5.13. The summed E-state index contributed by atoms with van der Waals surface area (Å²) in [4.78, 5) is 0. The van der Waals surface area contributed by atoms with Crippen LogP contribution in [0, 0.1) is 0 Å². The summed E-state index contributed by atoms with van der Waals surface area (Å²) in [7, 11) is -3.73. The molecule has 0 aliphatic carbocycles. The van der Waals surface area contributed by atoms with Crippen LogP contribution >= 0.6 is 11.6 Å². The van der Waals surface area contributed by atoms with Crippen molar-refractivity contribution in [1.29, 1.82) is 0 Å². The van der Waals surface area contributed by atoms with Crippen molar-refractivity contribution in [1.82, 2.24) is 0 Å². The summed E-state index contributed by atoms with van der Waals surface area (Å²) in [6, 6.07) is 5.83. The number of fused-ring (bicyclic) bond motifs is 1. The van der Waals surface area contributed by atoms with Crippen molar-refractivity contribution in [3.63, 3.8) is 0 Å². The van der Waals surface area contributed by atoms with Gasteiger partial charge in [-0.1, -0.05) is 11.6 Å². The topological polar surface area (TPSA) is 61.1 Å². The SMILES string of the molecule is C[n+]1cccc2c(C(F)(F)F)c(Cl)ccc21.O=S(=O)([O-])F. The third-order valence-corrected chi connectivity index (χ3v) is 2.72. The van der Waals surface area contributed by atoms with E-state index in [4.69, 9.17) is 24.6 Å². The van der Waals surface area contributed by atoms with E-state index in [9.17, 15) is 17.1 Å². The molecule has 0 saturated heterocycles. The molecule has 4 nitrogen and oxygen atoms in total. The fourth-order valence-corrected chi connectivity index (χ4v) is 1.97. The largest absolute Gasteiger partial charge is 0.722 e. The van der Waals surface area contributed by atoms with E-state index in [1.807, 2.05) is 0 Å². The molecule has 1 heterocycles. The standard InChI is InChI=1S/C11H8ClF3N.FHO3S/c1-16-6-2-3-7-9(16)5-4-8(12)10(7)11(13,14)15;1-5(2,3)4/h2-6H,1H3;(H,2,3,4)/q+1;/p-1. The highest BCUT2D eigenvalue weighted by Gasteiger charge is 2.36. The number of hydrogen-bond acceptors (Lipinski definition) is 3. The molecule has 0 spiro atoms. The summed E-state index contributed by atoms with van der Waals surface area (Å²) in [5, 5.41) is -0.156. The number of hydrogen-bond donors (Lipinski definition) is 0. The van der Waals surface area contributed by atoms with Crippen molar-refractivity contribution in [2.75, 3.05) is 0 Å². The van der Waals surface area contributed by atoms with Crippen LogP contribution in [0.5, 0.6) is 0 Å². The molecule has 0 bridgehead atoms. The third kappa shape index (κ3) is 5.10. The molecule has 0 atom stereocenters. The highest BCUT2D eigenvalue weighted by Crippen LogP contribution is 2.38. The Morgan fingerprint density at radius 2 is 1.76 bits per heavy atom. The number of nitrogens with zero attached hydrogens (tertiary/aromatic N) is 1. The van der Waals surface area contributed by atoms with E-state index in [1.54, 1.807) is 29.9 Å². The normalized spacial score (nSPS) is 12.0. The van der Waals surface area contributed by atoms with Gasteiger partial charge in [0.05, 0.1) is 16.0 Å². The molecule has 0 aliphatic rings. The minimum absolute atomic E-state index is 0.116. The Morgan fingerprint density at radius 1 is 1.24 bits per heavy atom. The van der Waals surface area contributed by atoms with Crippen LogP contribution in [-0.4, -0.2) is 13.0 Å². The van der Waals surface area contributed by atoms with Gasteiger partial charge >= 0.3 is 6.18 Å². The van der Waals surface area contributed by atoms with Crippen molar-refractivity contribution in [2.24, 2.45) is 7.05 Å². The van der Waals surface area contributed by atoms with Gasteiger partial charge in [0.2, 0.25) is 5.52 Å². The van der Waals surface area contributed by atoms with E-state index in [1.165, 1.54) is 12.1 Å². The van der Waals surface area contributed by atoms with Gasteiger partial charge in [-0.2, -0.15) is 13.2 Å². The van der Waals surface area contributed by atoms with Crippen LogP contribution in [-0.2, 0) is 23.7 Å². The molecule has 0 saturated carbocycles. The number of rotatable bonds is 0. The van der Waals surface area contributed by atoms with Crippen LogP contribution in [0.4, 0.5) is 17.1 Å². The minimum Gasteiger partial charge on any atom is -0.722 e. The predicted octanol–water partition coefficient (Wildman–Crippen LogP) is 2.75. The second-order valence-electron chi connectivity index (χ2n) is 3.87. The Bertz CT molecular complexity index is 754. The summed E-state index contributed by atoms with van der Waals surface area (Å²) >= 11 is 5.61. The van der Waals surface area contributed by atoms with Gasteiger partial charge in [-0.15, -0.1) is 3.89 Å². The number of aryl methyl sites for hydroxylation is 1. The molecule has 2 rings (SSSR count). The van der Waals surface area contributed by atoms with E-state index >= 15 is 0 Å². The number of pyridine rings is 1. The highest BCUT2D eigenvalue weighted by molar-refractivity contribution is 7.80. The first kappa shape index (κ1) is 17.6. The van der Waals surface area contributed by atoms with Crippen LogP contribution in [0.1, 0.15) is 5.56 Å². The van der Waals surface area contributed by atoms with E-state index in [2.05, 4.69) is 0 Å². The number of alkyl halides is 3. The Balaban J connectivity index is 0.000000383. The molecule has 1 aromatic heterocycles. The van der Waals surface area contributed by atoms with Crippen LogP contribution in [0.3, 0.4) is 0 Å². The molecule has 1 aromatic carbocycles. The molecule has 10 heteroatoms. The van der Waals surface area contributed by atoms with Crippen LogP contribution in [0.15, 0.2) is 30.5 Å². The zero-order valence-electron chi connectivity index (χ0n) is 10.4. The lowest BCUT2D eigenvalue weighted by Crippen LogP contribution is -2.28. The van der Waals surface area contributed by atoms with Gasteiger partial charge in [-0.25, -0.2) is 13.0 Å². The molecular formula is C11H8ClF4NO3S. The molecule has 116 valence electrons. The molecule has 0 amide bonds. The fraction of sp³-hybridized carbons (Fsp3) is 0.182. The van der Waals surface area contributed by atoms with Crippen molar-refractivity contribution in [3.8, 4) is 0 Å². The smallest absolute Gasteiger partial charge is 0.418 e. The highest BCUT2D eigenvalue weighted by atomic mass is 35.5. The van der Waals surface area contributed by atoms with Gasteiger partial charge in [0.1, 0.15) is 7.05 Å². The van der Waals surface area contributed by atoms with Gasteiger partial charge in [0.25, 0.3) is 10.5 Å². The molecule has 0 fully saturated rings. The summed E-state index contributed by atoms with van der Waals surface area (Å²) < 4.78 is 75.4. The molecule has 0 unspecified atom stereocenters. The quantitative estimate of drug-likeness (QED) is 0.319. The van der Waals surface area contributed by atoms with Gasteiger partial charge in [0.15, 0.2) is 6.20 Å². The maximum absolute atomic E-state index is 12.8. The van der Waals surface area contributed by atoms with Crippen molar-refractivity contribution in [2.45, 2.75) is 6.18 Å². The average Bonchev–Trinajstić information content (AvgIpc) is 2.24. The summed E-state index contributed by atoms with van der Waals surface area (Å²) in [6.45, 7) is 0. The van der Waals surface area contributed by atoms with Gasteiger partial charge < -0.3 is 4.55 Å². The Hall–Kier alpha value is -1.45. The molecule has 0 N–H and O–H groups in total. The van der Waals surface area contributed by atoms with E-state index in [-0.39, 0.29) is 10.4 Å². The summed E-state index contributed by atoms with van der Waals surface area (Å²) in [5.41, 5.74) is -0.276. The molecule has 0 aliphatic heterocycles. The first-order valence-corrected chi connectivity index (χ1v) is 6.89. The fourth-order valence-electron chi connectivity index (χ4n) is 1.69. The maximum atomic E-state index is 12.8. The van der Waals surface area contributed by atoms with Crippen molar-refractivity contribution < 1.29 is 34.6 Å². The molecule has 2 aromatic rings. The number of benzene rings is 1. The third-order valence-electron chi connectivity index (χ3n) is 2.41. The van der Waals surface area contributed by atoms with Gasteiger partial charge in [0, 0.05) is 12.1 Å². The minimum atomic E-state index is -5.42. The summed E-state index contributed by atoms with van der Waals surface area (Å²) in [5.74, 6) is 0. The zero-order valence-corrected chi connectivity index (χ0v) is 11.9. The molecule has 21 heavy (non-hydrogen) atoms. The maximum Gasteiger partial charge on any atom is 0.418 e. The van der Waals surface area contributed by atoms with E-state index in [0.29, 0.717) is 5.52 Å². The second kappa shape index (κ2) is 6.12.